The third-order valence-corrected chi connectivity index (χ3v) is 2.87. The highest BCUT2D eigenvalue weighted by atomic mass is 32.2. The van der Waals surface area contributed by atoms with Crippen molar-refractivity contribution in [3.63, 3.8) is 0 Å². The van der Waals surface area contributed by atoms with Crippen molar-refractivity contribution in [2.45, 2.75) is 19.8 Å². The van der Waals surface area contributed by atoms with Crippen LogP contribution >= 0.6 is 11.8 Å². The van der Waals surface area contributed by atoms with Gasteiger partial charge in [0.15, 0.2) is 0 Å². The number of carboxylic acid groups (broad SMARTS) is 1. The summed E-state index contributed by atoms with van der Waals surface area (Å²) in [6.45, 7) is 2.11. The number of nitrogens with one attached hydrogen (secondary N) is 1. The monoisotopic (exact) mass is 262 g/mol. The van der Waals surface area contributed by atoms with E-state index in [2.05, 4.69) is 5.32 Å². The van der Waals surface area contributed by atoms with Crippen LogP contribution in [0.2, 0.25) is 0 Å². The van der Waals surface area contributed by atoms with E-state index in [0.29, 0.717) is 18.7 Å². The van der Waals surface area contributed by atoms with Gasteiger partial charge >= 0.3 is 5.97 Å². The number of amides is 2. The van der Waals surface area contributed by atoms with Crippen LogP contribution in [0.5, 0.6) is 0 Å². The number of carbonyl (C=O) groups is 3. The fourth-order valence-electron chi connectivity index (χ4n) is 1.08. The van der Waals surface area contributed by atoms with E-state index in [1.807, 2.05) is 0 Å². The van der Waals surface area contributed by atoms with E-state index in [9.17, 15) is 14.4 Å². The number of primary amides is 1. The quantitative estimate of drug-likeness (QED) is 0.499. The summed E-state index contributed by atoms with van der Waals surface area (Å²) in [7, 11) is 0. The average Bonchev–Trinajstić information content (AvgIpc) is 2.20. The maximum atomic E-state index is 11.3. The van der Waals surface area contributed by atoms with Crippen molar-refractivity contribution in [3.05, 3.63) is 0 Å². The predicted octanol–water partition coefficient (Wildman–Crippen LogP) is -0.178. The van der Waals surface area contributed by atoms with Crippen molar-refractivity contribution in [1.29, 1.82) is 0 Å². The van der Waals surface area contributed by atoms with Gasteiger partial charge in [-0.3, -0.25) is 14.4 Å². The lowest BCUT2D eigenvalue weighted by atomic mass is 10.1. The van der Waals surface area contributed by atoms with Crippen LogP contribution in [0.25, 0.3) is 0 Å². The Kier molecular flexibility index (Phi) is 8.21. The normalized spacial score (nSPS) is 11.8. The number of aliphatic carboxylic acids is 1. The van der Waals surface area contributed by atoms with Crippen LogP contribution < -0.4 is 11.1 Å². The van der Waals surface area contributed by atoms with Gasteiger partial charge in [0.2, 0.25) is 11.8 Å². The number of rotatable bonds is 9. The van der Waals surface area contributed by atoms with Gasteiger partial charge in [-0.2, -0.15) is 11.8 Å². The molecule has 0 aliphatic rings. The second kappa shape index (κ2) is 8.86. The molecule has 0 aromatic rings. The molecule has 0 aliphatic carbocycles. The van der Waals surface area contributed by atoms with E-state index in [-0.39, 0.29) is 24.0 Å². The van der Waals surface area contributed by atoms with Crippen molar-refractivity contribution in [1.82, 2.24) is 5.32 Å². The van der Waals surface area contributed by atoms with Crippen LogP contribution in [0.1, 0.15) is 19.8 Å². The molecule has 6 nitrogen and oxygen atoms in total. The highest BCUT2D eigenvalue weighted by Gasteiger charge is 2.09. The molecule has 0 spiro atoms. The van der Waals surface area contributed by atoms with Crippen molar-refractivity contribution in [2.24, 2.45) is 11.7 Å². The summed E-state index contributed by atoms with van der Waals surface area (Å²) in [5.41, 5.74) is 4.94. The molecular formula is C10H18N2O4S. The van der Waals surface area contributed by atoms with Gasteiger partial charge in [0.05, 0.1) is 5.75 Å². The Hall–Kier alpha value is -1.24. The fourth-order valence-corrected chi connectivity index (χ4v) is 1.76. The van der Waals surface area contributed by atoms with Gasteiger partial charge in [0.1, 0.15) is 0 Å². The van der Waals surface area contributed by atoms with Crippen LogP contribution in [-0.2, 0) is 14.4 Å². The first kappa shape index (κ1) is 15.8. The Morgan fingerprint density at radius 1 is 1.41 bits per heavy atom. The highest BCUT2D eigenvalue weighted by Crippen LogP contribution is 2.02. The SMILES string of the molecule is CC(CNC(=O)CCSCC(N)=O)CC(=O)O. The van der Waals surface area contributed by atoms with Crippen LogP contribution in [0, 0.1) is 5.92 Å². The second-order valence-electron chi connectivity index (χ2n) is 3.78. The van der Waals surface area contributed by atoms with Crippen molar-refractivity contribution in [3.8, 4) is 0 Å². The Bertz CT molecular complexity index is 283. The molecule has 98 valence electrons. The van der Waals surface area contributed by atoms with E-state index >= 15 is 0 Å². The molecule has 1 unspecified atom stereocenters. The second-order valence-corrected chi connectivity index (χ2v) is 4.88. The maximum absolute atomic E-state index is 11.3. The molecule has 0 rings (SSSR count). The molecule has 0 bridgehead atoms. The van der Waals surface area contributed by atoms with Gasteiger partial charge in [-0.05, 0) is 5.92 Å². The summed E-state index contributed by atoms with van der Waals surface area (Å²) in [5, 5.41) is 11.2. The summed E-state index contributed by atoms with van der Waals surface area (Å²) in [4.78, 5) is 32.1. The molecule has 0 fully saturated rings. The summed E-state index contributed by atoms with van der Waals surface area (Å²) < 4.78 is 0. The van der Waals surface area contributed by atoms with Crippen molar-refractivity contribution in [2.75, 3.05) is 18.1 Å². The van der Waals surface area contributed by atoms with Gasteiger partial charge in [0.25, 0.3) is 0 Å². The standard InChI is InChI=1S/C10H18N2O4S/c1-7(4-10(15)16)5-12-9(14)2-3-17-6-8(11)13/h7H,2-6H2,1H3,(H2,11,13)(H,12,14)(H,15,16). The van der Waals surface area contributed by atoms with Crippen molar-refractivity contribution >= 4 is 29.5 Å². The molecule has 0 heterocycles. The number of thioether (sulfide) groups is 1. The van der Waals surface area contributed by atoms with Crippen LogP contribution in [-0.4, -0.2) is 40.9 Å². The van der Waals surface area contributed by atoms with E-state index in [0.717, 1.165) is 0 Å². The number of hydrogen-bond donors (Lipinski definition) is 3. The van der Waals surface area contributed by atoms with E-state index in [4.69, 9.17) is 10.8 Å². The summed E-state index contributed by atoms with van der Waals surface area (Å²) in [6.07, 6.45) is 0.342. The molecule has 1 atom stereocenters. The molecule has 2 amide bonds. The molecule has 17 heavy (non-hydrogen) atoms. The molecule has 0 radical (unpaired) electrons. The maximum Gasteiger partial charge on any atom is 0.303 e. The zero-order valence-corrected chi connectivity index (χ0v) is 10.6. The summed E-state index contributed by atoms with van der Waals surface area (Å²) >= 11 is 1.31. The van der Waals surface area contributed by atoms with Gasteiger partial charge in [0, 0.05) is 25.1 Å². The fraction of sp³-hybridized carbons (Fsp3) is 0.700. The lowest BCUT2D eigenvalue weighted by Gasteiger charge is -2.09. The molecule has 0 aliphatic heterocycles. The van der Waals surface area contributed by atoms with Gasteiger partial charge in [-0.1, -0.05) is 6.92 Å². The highest BCUT2D eigenvalue weighted by molar-refractivity contribution is 7.99. The topological polar surface area (TPSA) is 109 Å². The smallest absolute Gasteiger partial charge is 0.303 e. The molecule has 7 heteroatoms. The van der Waals surface area contributed by atoms with Crippen LogP contribution in [0.15, 0.2) is 0 Å². The minimum absolute atomic E-state index is 0.0384. The van der Waals surface area contributed by atoms with Crippen LogP contribution in [0.4, 0.5) is 0 Å². The van der Waals surface area contributed by atoms with Gasteiger partial charge in [-0.15, -0.1) is 0 Å². The number of hydrogen-bond acceptors (Lipinski definition) is 4. The summed E-state index contributed by atoms with van der Waals surface area (Å²) in [6, 6.07) is 0. The van der Waals surface area contributed by atoms with Crippen LogP contribution in [0.3, 0.4) is 0 Å². The third kappa shape index (κ3) is 11.0. The molecule has 0 aromatic heterocycles. The molecule has 4 N–H and O–H groups in total. The van der Waals surface area contributed by atoms with Crippen molar-refractivity contribution < 1.29 is 19.5 Å². The van der Waals surface area contributed by atoms with E-state index in [1.165, 1.54) is 11.8 Å². The van der Waals surface area contributed by atoms with E-state index < -0.39 is 11.9 Å². The minimum atomic E-state index is -0.872. The Morgan fingerprint density at radius 2 is 2.06 bits per heavy atom. The Morgan fingerprint density at radius 3 is 2.59 bits per heavy atom. The zero-order chi connectivity index (χ0) is 13.3. The predicted molar refractivity (Wildman–Crippen MR) is 65.6 cm³/mol. The third-order valence-electron chi connectivity index (χ3n) is 1.89. The number of carboxylic acids is 1. The lowest BCUT2D eigenvalue weighted by molar-refractivity contribution is -0.138. The first-order valence-corrected chi connectivity index (χ1v) is 6.41. The average molecular weight is 262 g/mol. The number of carbonyl (C=O) groups excluding carboxylic acids is 2. The molecule has 0 saturated carbocycles. The zero-order valence-electron chi connectivity index (χ0n) is 9.77. The number of nitrogens with two attached hydrogens (primary N) is 1. The Labute approximate surface area is 104 Å². The molecule has 0 saturated heterocycles. The van der Waals surface area contributed by atoms with Gasteiger partial charge < -0.3 is 16.2 Å². The largest absolute Gasteiger partial charge is 0.481 e. The summed E-state index contributed by atoms with van der Waals surface area (Å²) in [5.74, 6) is -0.756. The van der Waals surface area contributed by atoms with Gasteiger partial charge in [-0.25, -0.2) is 0 Å². The molecular weight excluding hydrogens is 244 g/mol. The molecule has 0 aromatic carbocycles. The lowest BCUT2D eigenvalue weighted by Crippen LogP contribution is -2.29. The van der Waals surface area contributed by atoms with E-state index in [1.54, 1.807) is 6.92 Å². The Balaban J connectivity index is 3.52. The first-order chi connectivity index (χ1) is 7.91. The first-order valence-electron chi connectivity index (χ1n) is 5.26. The minimum Gasteiger partial charge on any atom is -0.481 e.